The second-order valence-electron chi connectivity index (χ2n) is 3.63. The molecule has 1 rings (SSSR count). The van der Waals surface area contributed by atoms with Crippen molar-refractivity contribution in [2.24, 2.45) is 0 Å². The zero-order valence-electron chi connectivity index (χ0n) is 9.63. The van der Waals surface area contributed by atoms with Crippen LogP contribution in [0.2, 0.25) is 5.15 Å². The van der Waals surface area contributed by atoms with Crippen LogP contribution in [0.3, 0.4) is 0 Å². The van der Waals surface area contributed by atoms with Gasteiger partial charge in [0.2, 0.25) is 5.82 Å². The van der Waals surface area contributed by atoms with Crippen LogP contribution in [0.25, 0.3) is 0 Å². The van der Waals surface area contributed by atoms with Gasteiger partial charge >= 0.3 is 12.4 Å². The summed E-state index contributed by atoms with van der Waals surface area (Å²) in [4.78, 5) is 6.34. The molecule has 1 aromatic heterocycles. The van der Waals surface area contributed by atoms with Gasteiger partial charge in [0.05, 0.1) is 6.61 Å². The van der Waals surface area contributed by atoms with Crippen molar-refractivity contribution in [1.82, 2.24) is 9.97 Å². The predicted octanol–water partition coefficient (Wildman–Crippen LogP) is 2.51. The molecule has 0 spiro atoms. The number of aliphatic hydroxyl groups is 1. The molecule has 0 radical (unpaired) electrons. The topological polar surface area (TPSA) is 49.2 Å². The molecule has 1 aromatic rings. The Morgan fingerprint density at radius 3 is 2.20 bits per heavy atom. The van der Waals surface area contributed by atoms with E-state index in [1.807, 2.05) is 0 Å². The molecule has 0 unspecified atom stereocenters. The number of hydrogen-bond donors (Lipinski definition) is 1. The summed E-state index contributed by atoms with van der Waals surface area (Å²) < 4.78 is 74.4. The van der Waals surface area contributed by atoms with E-state index in [1.165, 1.54) is 0 Å². The summed E-state index contributed by atoms with van der Waals surface area (Å²) in [5.74, 6) is -2.31. The van der Waals surface area contributed by atoms with Crippen LogP contribution >= 0.6 is 11.6 Å². The number of halogens is 7. The molecule has 0 atom stereocenters. The normalized spacial score (nSPS) is 12.6. The van der Waals surface area contributed by atoms with Crippen molar-refractivity contribution >= 4 is 17.4 Å². The number of aliphatic hydroxyl groups excluding tert-OH is 1. The highest BCUT2D eigenvalue weighted by atomic mass is 35.5. The summed E-state index contributed by atoms with van der Waals surface area (Å²) >= 11 is 5.35. The Balaban J connectivity index is 3.16. The van der Waals surface area contributed by atoms with Crippen molar-refractivity contribution in [2.75, 3.05) is 24.6 Å². The van der Waals surface area contributed by atoms with E-state index in [0.717, 1.165) is 6.07 Å². The average Bonchev–Trinajstić information content (AvgIpc) is 2.24. The third-order valence-corrected chi connectivity index (χ3v) is 2.19. The Bertz CT molecular complexity index is 464. The molecular weight excluding hydrogens is 316 g/mol. The van der Waals surface area contributed by atoms with Crippen LogP contribution in [0.5, 0.6) is 0 Å². The van der Waals surface area contributed by atoms with E-state index in [-0.39, 0.29) is 0 Å². The van der Waals surface area contributed by atoms with Crippen molar-refractivity contribution in [3.63, 3.8) is 0 Å². The van der Waals surface area contributed by atoms with Gasteiger partial charge in [0.25, 0.3) is 0 Å². The molecule has 11 heteroatoms. The Kier molecular flexibility index (Phi) is 5.03. The van der Waals surface area contributed by atoms with Gasteiger partial charge in [0.1, 0.15) is 17.5 Å². The molecule has 4 nitrogen and oxygen atoms in total. The molecule has 1 heterocycles. The smallest absolute Gasteiger partial charge is 0.395 e. The van der Waals surface area contributed by atoms with Gasteiger partial charge in [-0.2, -0.15) is 26.3 Å². The largest absolute Gasteiger partial charge is 0.451 e. The van der Waals surface area contributed by atoms with Crippen molar-refractivity contribution < 1.29 is 31.4 Å². The van der Waals surface area contributed by atoms with E-state index in [0.29, 0.717) is 4.90 Å². The Morgan fingerprint density at radius 2 is 1.75 bits per heavy atom. The molecule has 0 saturated heterocycles. The molecule has 114 valence electrons. The van der Waals surface area contributed by atoms with Crippen LogP contribution in [0, 0.1) is 0 Å². The fraction of sp³-hybridized carbons (Fsp3) is 0.556. The maximum Gasteiger partial charge on any atom is 0.451 e. The molecular formula is C9H8ClF6N3O. The van der Waals surface area contributed by atoms with Gasteiger partial charge in [-0.1, -0.05) is 11.6 Å². The van der Waals surface area contributed by atoms with Crippen LogP contribution in [0.15, 0.2) is 6.07 Å². The molecule has 0 bridgehead atoms. The van der Waals surface area contributed by atoms with E-state index in [4.69, 9.17) is 16.7 Å². The fourth-order valence-electron chi connectivity index (χ4n) is 1.31. The van der Waals surface area contributed by atoms with Gasteiger partial charge in [-0.3, -0.25) is 0 Å². The lowest BCUT2D eigenvalue weighted by molar-refractivity contribution is -0.144. The van der Waals surface area contributed by atoms with E-state index >= 15 is 0 Å². The summed E-state index contributed by atoms with van der Waals surface area (Å²) in [6, 6.07) is 0.762. The maximum atomic E-state index is 12.5. The Hall–Kier alpha value is -1.29. The summed E-state index contributed by atoms with van der Waals surface area (Å²) in [7, 11) is 0. The highest BCUT2D eigenvalue weighted by molar-refractivity contribution is 6.29. The number of rotatable bonds is 4. The van der Waals surface area contributed by atoms with Crippen LogP contribution in [-0.4, -0.2) is 40.9 Å². The van der Waals surface area contributed by atoms with Crippen LogP contribution in [-0.2, 0) is 6.18 Å². The number of hydrogen-bond acceptors (Lipinski definition) is 4. The van der Waals surface area contributed by atoms with E-state index in [1.54, 1.807) is 0 Å². The highest BCUT2D eigenvalue weighted by Gasteiger charge is 2.37. The first-order valence-electron chi connectivity index (χ1n) is 5.07. The van der Waals surface area contributed by atoms with Crippen molar-refractivity contribution in [3.05, 3.63) is 17.0 Å². The molecule has 0 aliphatic rings. The molecule has 0 aliphatic heterocycles. The van der Waals surface area contributed by atoms with Gasteiger partial charge in [-0.25, -0.2) is 9.97 Å². The summed E-state index contributed by atoms with van der Waals surface area (Å²) in [6.45, 7) is -2.82. The second kappa shape index (κ2) is 6.00. The first kappa shape index (κ1) is 16.8. The van der Waals surface area contributed by atoms with Crippen molar-refractivity contribution in [2.45, 2.75) is 12.4 Å². The fourth-order valence-corrected chi connectivity index (χ4v) is 1.48. The van der Waals surface area contributed by atoms with Gasteiger partial charge in [0.15, 0.2) is 0 Å². The minimum atomic E-state index is -4.94. The Morgan fingerprint density at radius 1 is 1.15 bits per heavy atom. The highest BCUT2D eigenvalue weighted by Crippen LogP contribution is 2.30. The monoisotopic (exact) mass is 323 g/mol. The molecule has 0 saturated carbocycles. The van der Waals surface area contributed by atoms with Gasteiger partial charge in [-0.05, 0) is 0 Å². The van der Waals surface area contributed by atoms with E-state index in [2.05, 4.69) is 9.97 Å². The number of anilines is 1. The van der Waals surface area contributed by atoms with Crippen molar-refractivity contribution in [3.8, 4) is 0 Å². The number of nitrogens with zero attached hydrogens (tertiary/aromatic N) is 3. The average molecular weight is 324 g/mol. The molecule has 0 amide bonds. The molecule has 0 aliphatic carbocycles. The van der Waals surface area contributed by atoms with E-state index in [9.17, 15) is 26.3 Å². The maximum absolute atomic E-state index is 12.5. The Labute approximate surface area is 114 Å². The standard InChI is InChI=1S/C9H8ClF6N3O/c10-5-3-6(18-7(17-5)9(14,15)16)19(1-2-20)4-8(11,12)13/h3,20H,1-2,4H2. The number of aromatic nitrogens is 2. The third kappa shape index (κ3) is 5.00. The third-order valence-electron chi connectivity index (χ3n) is 2.00. The van der Waals surface area contributed by atoms with E-state index < -0.39 is 48.8 Å². The van der Waals surface area contributed by atoms with Crippen molar-refractivity contribution in [1.29, 1.82) is 0 Å². The molecule has 20 heavy (non-hydrogen) atoms. The lowest BCUT2D eigenvalue weighted by Gasteiger charge is -2.24. The first-order valence-corrected chi connectivity index (χ1v) is 5.45. The summed E-state index contributed by atoms with van der Waals surface area (Å²) in [5.41, 5.74) is 0. The van der Waals surface area contributed by atoms with Crippen LogP contribution in [0.1, 0.15) is 5.82 Å². The quantitative estimate of drug-likeness (QED) is 0.683. The molecule has 0 fully saturated rings. The van der Waals surface area contributed by atoms with Crippen LogP contribution < -0.4 is 4.90 Å². The van der Waals surface area contributed by atoms with Gasteiger partial charge in [-0.15, -0.1) is 0 Å². The summed E-state index contributed by atoms with van der Waals surface area (Å²) in [6.07, 6.45) is -9.62. The van der Waals surface area contributed by atoms with Gasteiger partial charge < -0.3 is 10.0 Å². The zero-order chi connectivity index (χ0) is 15.6. The zero-order valence-corrected chi connectivity index (χ0v) is 10.4. The SMILES string of the molecule is OCCN(CC(F)(F)F)c1cc(Cl)nc(C(F)(F)F)n1. The summed E-state index contributed by atoms with van der Waals surface area (Å²) in [5, 5.41) is 8.04. The minimum absolute atomic E-state index is 0.433. The minimum Gasteiger partial charge on any atom is -0.395 e. The lowest BCUT2D eigenvalue weighted by atomic mass is 10.4. The second-order valence-corrected chi connectivity index (χ2v) is 4.02. The molecule has 0 aromatic carbocycles. The van der Waals surface area contributed by atoms with Crippen LogP contribution in [0.4, 0.5) is 32.2 Å². The first-order chi connectivity index (χ1) is 9.03. The number of alkyl halides is 6. The molecule has 1 N–H and O–H groups in total. The predicted molar refractivity (Wildman–Crippen MR) is 57.4 cm³/mol. The lowest BCUT2D eigenvalue weighted by Crippen LogP contribution is -2.37. The van der Waals surface area contributed by atoms with Gasteiger partial charge in [0, 0.05) is 12.6 Å².